The summed E-state index contributed by atoms with van der Waals surface area (Å²) in [6, 6.07) is 3.21. The van der Waals surface area contributed by atoms with Crippen molar-refractivity contribution in [2.75, 3.05) is 6.61 Å². The molecule has 0 bridgehead atoms. The van der Waals surface area contributed by atoms with E-state index in [1.54, 1.807) is 0 Å². The summed E-state index contributed by atoms with van der Waals surface area (Å²) in [5.74, 6) is -3.38. The molecule has 0 amide bonds. The van der Waals surface area contributed by atoms with Crippen molar-refractivity contribution in [3.8, 4) is 11.4 Å². The minimum atomic E-state index is -4.79. The monoisotopic (exact) mass is 318 g/mol. The van der Waals surface area contributed by atoms with Crippen molar-refractivity contribution < 1.29 is 32.0 Å². The van der Waals surface area contributed by atoms with Crippen LogP contribution in [0.4, 0.5) is 17.6 Å². The second-order valence-electron chi connectivity index (χ2n) is 4.37. The Hall–Kier alpha value is -2.29. The van der Waals surface area contributed by atoms with Crippen molar-refractivity contribution in [2.45, 2.75) is 19.0 Å². The lowest BCUT2D eigenvalue weighted by Crippen LogP contribution is -2.05. The molecule has 0 atom stereocenters. The van der Waals surface area contributed by atoms with E-state index in [0.29, 0.717) is 0 Å². The van der Waals surface area contributed by atoms with Crippen LogP contribution in [0.25, 0.3) is 11.4 Å². The second-order valence-corrected chi connectivity index (χ2v) is 4.37. The molecule has 0 unspecified atom stereocenters. The first-order chi connectivity index (χ1) is 10.3. The Bertz CT molecular complexity index is 682. The summed E-state index contributed by atoms with van der Waals surface area (Å²) in [7, 11) is 0. The van der Waals surface area contributed by atoms with E-state index < -0.39 is 29.5 Å². The van der Waals surface area contributed by atoms with Gasteiger partial charge in [0, 0.05) is 18.6 Å². The molecule has 118 valence electrons. The Kier molecular flexibility index (Phi) is 4.55. The zero-order chi connectivity index (χ0) is 16.3. The van der Waals surface area contributed by atoms with Crippen LogP contribution in [0.5, 0.6) is 0 Å². The van der Waals surface area contributed by atoms with Gasteiger partial charge in [0.2, 0.25) is 5.82 Å². The molecule has 9 heteroatoms. The highest BCUT2D eigenvalue weighted by molar-refractivity contribution is 5.96. The first-order valence-corrected chi connectivity index (χ1v) is 6.18. The Balaban J connectivity index is 2.26. The lowest BCUT2D eigenvalue weighted by atomic mass is 10.0. The summed E-state index contributed by atoms with van der Waals surface area (Å²) in [5.41, 5.74) is -0.257. The number of hydrogen-bond acceptors (Lipinski definition) is 5. The molecule has 2 rings (SSSR count). The van der Waals surface area contributed by atoms with Gasteiger partial charge in [0.15, 0.2) is 5.78 Å². The number of carbonyl (C=O) groups excluding carboxylic acids is 1. The maximum atomic E-state index is 13.9. The molecule has 1 heterocycles. The van der Waals surface area contributed by atoms with Crippen molar-refractivity contribution in [1.82, 2.24) is 10.1 Å². The molecule has 5 nitrogen and oxygen atoms in total. The van der Waals surface area contributed by atoms with Crippen LogP contribution in [0.15, 0.2) is 22.7 Å². The SMILES string of the molecule is O=C(CCCO)c1ccc(-c2noc(C(F)(F)F)n2)cc1F. The summed E-state index contributed by atoms with van der Waals surface area (Å²) < 4.78 is 55.0. The predicted octanol–water partition coefficient (Wildman–Crippen LogP) is 2.85. The number of hydrogen-bond donors (Lipinski definition) is 1. The van der Waals surface area contributed by atoms with Gasteiger partial charge in [-0.3, -0.25) is 4.79 Å². The lowest BCUT2D eigenvalue weighted by molar-refractivity contribution is -0.159. The van der Waals surface area contributed by atoms with E-state index in [1.165, 1.54) is 6.07 Å². The minimum Gasteiger partial charge on any atom is -0.396 e. The summed E-state index contributed by atoms with van der Waals surface area (Å²) in [6.45, 7) is -0.200. The molecular formula is C13H10F4N2O3. The molecule has 0 aliphatic carbocycles. The van der Waals surface area contributed by atoms with Gasteiger partial charge in [0.25, 0.3) is 0 Å². The Morgan fingerprint density at radius 1 is 1.32 bits per heavy atom. The molecule has 2 aromatic rings. The van der Waals surface area contributed by atoms with Gasteiger partial charge in [-0.25, -0.2) is 4.39 Å². The fourth-order valence-corrected chi connectivity index (χ4v) is 1.71. The highest BCUT2D eigenvalue weighted by atomic mass is 19.4. The number of nitrogens with zero attached hydrogens (tertiary/aromatic N) is 2. The van der Waals surface area contributed by atoms with Gasteiger partial charge in [0.1, 0.15) is 5.82 Å². The largest absolute Gasteiger partial charge is 0.471 e. The van der Waals surface area contributed by atoms with Crippen molar-refractivity contribution in [2.24, 2.45) is 0 Å². The fourth-order valence-electron chi connectivity index (χ4n) is 1.71. The van der Waals surface area contributed by atoms with Crippen molar-refractivity contribution in [1.29, 1.82) is 0 Å². The molecular weight excluding hydrogens is 308 g/mol. The summed E-state index contributed by atoms with van der Waals surface area (Å²) >= 11 is 0. The molecule has 22 heavy (non-hydrogen) atoms. The third-order valence-electron chi connectivity index (χ3n) is 2.76. The highest BCUT2D eigenvalue weighted by Crippen LogP contribution is 2.29. The van der Waals surface area contributed by atoms with Crippen LogP contribution in [0, 0.1) is 5.82 Å². The molecule has 0 radical (unpaired) electrons. The smallest absolute Gasteiger partial charge is 0.396 e. The average Bonchev–Trinajstić information content (AvgIpc) is 2.94. The van der Waals surface area contributed by atoms with Gasteiger partial charge in [-0.1, -0.05) is 11.2 Å². The van der Waals surface area contributed by atoms with E-state index in [9.17, 15) is 22.4 Å². The maximum Gasteiger partial charge on any atom is 0.471 e. The van der Waals surface area contributed by atoms with E-state index in [1.807, 2.05) is 0 Å². The molecule has 1 N–H and O–H groups in total. The zero-order valence-corrected chi connectivity index (χ0v) is 11.0. The Morgan fingerprint density at radius 3 is 2.59 bits per heavy atom. The van der Waals surface area contributed by atoms with E-state index in [2.05, 4.69) is 14.7 Å². The predicted molar refractivity (Wildman–Crippen MR) is 65.3 cm³/mol. The van der Waals surface area contributed by atoms with Crippen LogP contribution >= 0.6 is 0 Å². The van der Waals surface area contributed by atoms with Crippen molar-refractivity contribution in [3.05, 3.63) is 35.5 Å². The molecule has 0 aliphatic rings. The van der Waals surface area contributed by atoms with E-state index in [0.717, 1.165) is 12.1 Å². The lowest BCUT2D eigenvalue weighted by Gasteiger charge is -2.03. The summed E-state index contributed by atoms with van der Waals surface area (Å²) in [4.78, 5) is 14.8. The Labute approximate surface area is 121 Å². The zero-order valence-electron chi connectivity index (χ0n) is 11.0. The number of halogens is 4. The average molecular weight is 318 g/mol. The maximum absolute atomic E-state index is 13.9. The van der Waals surface area contributed by atoms with Crippen LogP contribution in [-0.4, -0.2) is 27.6 Å². The normalized spacial score (nSPS) is 11.7. The quantitative estimate of drug-likeness (QED) is 0.677. The van der Waals surface area contributed by atoms with E-state index in [4.69, 9.17) is 5.11 Å². The van der Waals surface area contributed by atoms with Crippen LogP contribution in [0.3, 0.4) is 0 Å². The van der Waals surface area contributed by atoms with Crippen LogP contribution in [0.1, 0.15) is 29.1 Å². The number of aliphatic hydroxyl groups excluding tert-OH is 1. The fraction of sp³-hybridized carbons (Fsp3) is 0.308. The van der Waals surface area contributed by atoms with Crippen LogP contribution in [0.2, 0.25) is 0 Å². The van der Waals surface area contributed by atoms with Gasteiger partial charge < -0.3 is 9.63 Å². The topological polar surface area (TPSA) is 76.2 Å². The van der Waals surface area contributed by atoms with Gasteiger partial charge in [0.05, 0.1) is 5.56 Å². The summed E-state index contributed by atoms with van der Waals surface area (Å²) in [6.07, 6.45) is -4.63. The number of benzene rings is 1. The number of carbonyl (C=O) groups is 1. The van der Waals surface area contributed by atoms with Gasteiger partial charge >= 0.3 is 12.1 Å². The standard InChI is InChI=1S/C13H10F4N2O3/c14-9-6-7(3-4-8(9)10(21)2-1-5-20)11-18-12(22-19-11)13(15,16)17/h3-4,6,20H,1-2,5H2. The molecule has 0 saturated carbocycles. The molecule has 0 saturated heterocycles. The Morgan fingerprint density at radius 2 is 2.05 bits per heavy atom. The van der Waals surface area contributed by atoms with Gasteiger partial charge in [-0.2, -0.15) is 18.2 Å². The molecule has 0 aliphatic heterocycles. The molecule has 1 aromatic heterocycles. The molecule has 1 aromatic carbocycles. The molecule has 0 fully saturated rings. The minimum absolute atomic E-state index is 0.0345. The van der Waals surface area contributed by atoms with Gasteiger partial charge in [-0.15, -0.1) is 0 Å². The number of aliphatic hydroxyl groups is 1. The number of aromatic nitrogens is 2. The first kappa shape index (κ1) is 16.1. The third-order valence-corrected chi connectivity index (χ3v) is 2.76. The first-order valence-electron chi connectivity index (χ1n) is 6.18. The van der Waals surface area contributed by atoms with Gasteiger partial charge in [-0.05, 0) is 18.6 Å². The second kappa shape index (κ2) is 6.22. The van der Waals surface area contributed by atoms with Crippen molar-refractivity contribution >= 4 is 5.78 Å². The van der Waals surface area contributed by atoms with E-state index in [-0.39, 0.29) is 30.6 Å². The number of alkyl halides is 3. The molecule has 0 spiro atoms. The third kappa shape index (κ3) is 3.48. The number of ketones is 1. The highest BCUT2D eigenvalue weighted by Gasteiger charge is 2.38. The van der Waals surface area contributed by atoms with Crippen LogP contribution < -0.4 is 0 Å². The van der Waals surface area contributed by atoms with Crippen LogP contribution in [-0.2, 0) is 6.18 Å². The van der Waals surface area contributed by atoms with E-state index >= 15 is 0 Å². The number of Topliss-reactive ketones (excluding diaryl/α,β-unsaturated/α-hetero) is 1. The number of rotatable bonds is 5. The van der Waals surface area contributed by atoms with Crippen molar-refractivity contribution in [3.63, 3.8) is 0 Å². The summed E-state index contributed by atoms with van der Waals surface area (Å²) in [5, 5.41) is 11.8.